The topological polar surface area (TPSA) is 24.9 Å². The third-order valence-corrected chi connectivity index (χ3v) is 7.85. The fraction of sp³-hybridized carbons (Fsp3) is 0.500. The van der Waals surface area contributed by atoms with Crippen LogP contribution in [0.4, 0.5) is 4.39 Å². The molecule has 0 aromatic heterocycles. The van der Waals surface area contributed by atoms with Gasteiger partial charge >= 0.3 is 0 Å². The largest absolute Gasteiger partial charge is 0.350 e. The van der Waals surface area contributed by atoms with Crippen LogP contribution in [-0.2, 0) is 15.9 Å². The van der Waals surface area contributed by atoms with Gasteiger partial charge in [0.2, 0.25) is 0 Å². The van der Waals surface area contributed by atoms with Gasteiger partial charge in [-0.3, -0.25) is 4.90 Å². The second-order valence-electron chi connectivity index (χ2n) is 8.63. The molecule has 31 heavy (non-hydrogen) atoms. The Bertz CT molecular complexity index is 938. The van der Waals surface area contributed by atoms with Crippen molar-refractivity contribution in [1.29, 1.82) is 0 Å². The molecule has 5 rings (SSSR count). The predicted octanol–water partition coefficient (Wildman–Crippen LogP) is 5.00. The van der Waals surface area contributed by atoms with Gasteiger partial charge in [0, 0.05) is 60.0 Å². The van der Waals surface area contributed by atoms with Crippen LogP contribution >= 0.6 is 23.4 Å². The highest BCUT2D eigenvalue weighted by atomic mass is 35.5. The Labute approximate surface area is 192 Å². The van der Waals surface area contributed by atoms with E-state index in [2.05, 4.69) is 28.9 Å². The monoisotopic (exact) mass is 462 g/mol. The first kappa shape index (κ1) is 21.7. The Morgan fingerprint density at radius 3 is 2.71 bits per heavy atom. The van der Waals surface area contributed by atoms with Gasteiger partial charge in [-0.2, -0.15) is 0 Å². The van der Waals surface area contributed by atoms with Crippen molar-refractivity contribution in [2.75, 3.05) is 39.3 Å². The van der Waals surface area contributed by atoms with Crippen LogP contribution < -0.4 is 0 Å². The van der Waals surface area contributed by atoms with E-state index in [1.165, 1.54) is 16.0 Å². The van der Waals surface area contributed by atoms with E-state index in [4.69, 9.17) is 21.1 Å². The number of hydrogen-bond donors (Lipinski definition) is 0. The summed E-state index contributed by atoms with van der Waals surface area (Å²) in [5.41, 5.74) is 2.46. The van der Waals surface area contributed by atoms with E-state index in [0.29, 0.717) is 6.61 Å². The summed E-state index contributed by atoms with van der Waals surface area (Å²) >= 11 is 8.04. The van der Waals surface area contributed by atoms with Crippen LogP contribution in [0.1, 0.15) is 30.5 Å². The minimum atomic E-state index is -0.182. The quantitative estimate of drug-likeness (QED) is 0.637. The van der Waals surface area contributed by atoms with E-state index < -0.39 is 0 Å². The first-order chi connectivity index (χ1) is 15.0. The van der Waals surface area contributed by atoms with Crippen molar-refractivity contribution < 1.29 is 13.9 Å². The molecular weight excluding hydrogens is 435 g/mol. The van der Waals surface area contributed by atoms with Gasteiger partial charge in [0.05, 0.1) is 12.7 Å². The van der Waals surface area contributed by atoms with Crippen molar-refractivity contribution in [3.63, 3.8) is 0 Å². The minimum Gasteiger partial charge on any atom is -0.350 e. The molecule has 4 nitrogen and oxygen atoms in total. The summed E-state index contributed by atoms with van der Waals surface area (Å²) < 4.78 is 25.4. The van der Waals surface area contributed by atoms with E-state index in [0.717, 1.165) is 55.5 Å². The van der Waals surface area contributed by atoms with Crippen LogP contribution in [-0.4, -0.2) is 61.5 Å². The summed E-state index contributed by atoms with van der Waals surface area (Å²) in [7, 11) is 0. The predicted molar refractivity (Wildman–Crippen MR) is 121 cm³/mol. The van der Waals surface area contributed by atoms with Gasteiger partial charge in [0.25, 0.3) is 0 Å². The molecule has 0 N–H and O–H groups in total. The first-order valence-electron chi connectivity index (χ1n) is 11.0. The fourth-order valence-corrected chi connectivity index (χ4v) is 6.07. The molecule has 2 fully saturated rings. The number of fused-ring (bicyclic) bond motifs is 2. The number of rotatable bonds is 4. The molecule has 0 aliphatic carbocycles. The smallest absolute Gasteiger partial charge is 0.159 e. The summed E-state index contributed by atoms with van der Waals surface area (Å²) in [4.78, 5) is 7.25. The molecule has 3 unspecified atom stereocenters. The molecule has 3 atom stereocenters. The number of nitrogens with zero attached hydrogens (tertiary/aromatic N) is 2. The van der Waals surface area contributed by atoms with Crippen LogP contribution in [0.5, 0.6) is 0 Å². The van der Waals surface area contributed by atoms with E-state index in [1.807, 2.05) is 12.1 Å². The van der Waals surface area contributed by atoms with Crippen molar-refractivity contribution in [2.45, 2.75) is 48.0 Å². The van der Waals surface area contributed by atoms with Gasteiger partial charge in [0.15, 0.2) is 6.29 Å². The maximum Gasteiger partial charge on any atom is 0.159 e. The standard InChI is InChI=1S/C24H28ClFN2O2S/c1-16-15-29-24(30-16)6-7-27-8-10-28(11-9-27)21-12-17-2-4-19(26)14-23(17)31-22-5-3-18(25)13-20(21)22/h2-5,13-14,16,21,24H,6-12,15H2,1H3. The minimum absolute atomic E-state index is 0.0576. The van der Waals surface area contributed by atoms with Gasteiger partial charge < -0.3 is 14.4 Å². The molecule has 0 amide bonds. The van der Waals surface area contributed by atoms with Gasteiger partial charge in [-0.1, -0.05) is 29.4 Å². The zero-order valence-corrected chi connectivity index (χ0v) is 19.3. The molecule has 2 aromatic carbocycles. The molecule has 0 bridgehead atoms. The highest BCUT2D eigenvalue weighted by Crippen LogP contribution is 2.44. The van der Waals surface area contributed by atoms with Crippen molar-refractivity contribution in [3.8, 4) is 0 Å². The lowest BCUT2D eigenvalue weighted by Gasteiger charge is -2.40. The Morgan fingerprint density at radius 1 is 1.10 bits per heavy atom. The van der Waals surface area contributed by atoms with Gasteiger partial charge in [-0.25, -0.2) is 4.39 Å². The zero-order chi connectivity index (χ0) is 21.4. The Hall–Kier alpha value is -1.15. The van der Waals surface area contributed by atoms with E-state index in [9.17, 15) is 4.39 Å². The number of halogens is 2. The molecule has 166 valence electrons. The molecule has 0 saturated carbocycles. The molecule has 0 radical (unpaired) electrons. The van der Waals surface area contributed by atoms with Gasteiger partial charge in [0.1, 0.15) is 5.82 Å². The van der Waals surface area contributed by atoms with Gasteiger partial charge in [-0.05, 0) is 54.8 Å². The van der Waals surface area contributed by atoms with Crippen LogP contribution in [0.15, 0.2) is 46.2 Å². The van der Waals surface area contributed by atoms with Crippen LogP contribution in [0.3, 0.4) is 0 Å². The molecule has 3 aliphatic rings. The molecule has 3 heterocycles. The van der Waals surface area contributed by atoms with E-state index in [1.54, 1.807) is 23.9 Å². The molecular formula is C24H28ClFN2O2S. The lowest BCUT2D eigenvalue weighted by Crippen LogP contribution is -2.48. The van der Waals surface area contributed by atoms with Crippen LogP contribution in [0, 0.1) is 5.82 Å². The third-order valence-electron chi connectivity index (χ3n) is 6.42. The summed E-state index contributed by atoms with van der Waals surface area (Å²) in [5.74, 6) is -0.182. The molecule has 2 saturated heterocycles. The summed E-state index contributed by atoms with van der Waals surface area (Å²) in [6, 6.07) is 11.5. The van der Waals surface area contributed by atoms with Gasteiger partial charge in [-0.15, -0.1) is 0 Å². The number of benzene rings is 2. The third kappa shape index (κ3) is 4.95. The highest BCUT2D eigenvalue weighted by Gasteiger charge is 2.31. The number of hydrogen-bond acceptors (Lipinski definition) is 5. The Balaban J connectivity index is 1.29. The zero-order valence-electron chi connectivity index (χ0n) is 17.7. The van der Waals surface area contributed by atoms with Crippen molar-refractivity contribution in [1.82, 2.24) is 9.80 Å². The van der Waals surface area contributed by atoms with Crippen molar-refractivity contribution >= 4 is 23.4 Å². The Morgan fingerprint density at radius 2 is 1.94 bits per heavy atom. The summed E-state index contributed by atoms with van der Waals surface area (Å²) in [6.45, 7) is 7.81. The maximum absolute atomic E-state index is 13.9. The SMILES string of the molecule is CC1COC(CCN2CCN(C3Cc4ccc(F)cc4Sc4ccc(Cl)cc43)CC2)O1. The average molecular weight is 463 g/mol. The first-order valence-corrected chi connectivity index (χ1v) is 12.2. The second-order valence-corrected chi connectivity index (χ2v) is 10.2. The summed E-state index contributed by atoms with van der Waals surface area (Å²) in [6.07, 6.45) is 1.94. The molecule has 7 heteroatoms. The lowest BCUT2D eigenvalue weighted by molar-refractivity contribution is -0.0654. The molecule has 2 aromatic rings. The van der Waals surface area contributed by atoms with Crippen LogP contribution in [0.25, 0.3) is 0 Å². The van der Waals surface area contributed by atoms with Crippen molar-refractivity contribution in [3.05, 3.63) is 58.4 Å². The highest BCUT2D eigenvalue weighted by molar-refractivity contribution is 7.99. The number of piperazine rings is 1. The van der Waals surface area contributed by atoms with Crippen molar-refractivity contribution in [2.24, 2.45) is 0 Å². The average Bonchev–Trinajstić information content (AvgIpc) is 3.11. The molecule has 0 spiro atoms. The van der Waals surface area contributed by atoms with E-state index in [-0.39, 0.29) is 24.3 Å². The maximum atomic E-state index is 13.9. The van der Waals surface area contributed by atoms with Crippen LogP contribution in [0.2, 0.25) is 5.02 Å². The molecule has 3 aliphatic heterocycles. The van der Waals surface area contributed by atoms with E-state index >= 15 is 0 Å². The lowest BCUT2D eigenvalue weighted by atomic mass is 9.96. The summed E-state index contributed by atoms with van der Waals surface area (Å²) in [5, 5.41) is 0.755. The second kappa shape index (κ2) is 9.38. The normalized spacial score (nSPS) is 27.0. The number of ether oxygens (including phenoxy) is 2. The Kier molecular flexibility index (Phi) is 6.56. The fourth-order valence-electron chi connectivity index (χ4n) is 4.75.